The van der Waals surface area contributed by atoms with Crippen LogP contribution in [0.15, 0.2) is 60.8 Å². The SMILES string of the molecule is O=C(O)c1ccnc(N2CCC(O)(c3ccc(OCc4c(C5CC5)nnn4-c4ccccc4OC(F)(F)F)cc3Cl)CC2)c1. The first-order valence-electron chi connectivity index (χ1n) is 13.9. The highest BCUT2D eigenvalue weighted by atomic mass is 35.5. The van der Waals surface area contributed by atoms with Crippen molar-refractivity contribution in [1.29, 1.82) is 0 Å². The van der Waals surface area contributed by atoms with E-state index >= 15 is 0 Å². The molecule has 0 radical (unpaired) electrons. The number of nitrogens with zero attached hydrogens (tertiary/aromatic N) is 5. The lowest BCUT2D eigenvalue weighted by molar-refractivity contribution is -0.274. The van der Waals surface area contributed by atoms with Gasteiger partial charge in [-0.1, -0.05) is 35.0 Å². The number of ether oxygens (including phenoxy) is 2. The van der Waals surface area contributed by atoms with E-state index in [0.717, 1.165) is 12.8 Å². The van der Waals surface area contributed by atoms with Crippen molar-refractivity contribution >= 4 is 23.4 Å². The Morgan fingerprint density at radius 1 is 1.09 bits per heavy atom. The highest BCUT2D eigenvalue weighted by Gasteiger charge is 2.37. The predicted molar refractivity (Wildman–Crippen MR) is 152 cm³/mol. The van der Waals surface area contributed by atoms with Crippen LogP contribution in [0.3, 0.4) is 0 Å². The van der Waals surface area contributed by atoms with Gasteiger partial charge >= 0.3 is 12.3 Å². The number of carboxylic acids is 1. The number of anilines is 1. The van der Waals surface area contributed by atoms with Gasteiger partial charge in [-0.25, -0.2) is 14.5 Å². The fourth-order valence-corrected chi connectivity index (χ4v) is 5.72. The summed E-state index contributed by atoms with van der Waals surface area (Å²) in [5.74, 6) is -0.394. The maximum absolute atomic E-state index is 13.1. The molecule has 0 bridgehead atoms. The maximum Gasteiger partial charge on any atom is 0.573 e. The van der Waals surface area contributed by atoms with Crippen LogP contribution in [0, 0.1) is 0 Å². The van der Waals surface area contributed by atoms with Crippen LogP contribution in [0.25, 0.3) is 5.69 Å². The molecule has 0 spiro atoms. The number of halogens is 4. The van der Waals surface area contributed by atoms with Crippen LogP contribution < -0.4 is 14.4 Å². The van der Waals surface area contributed by atoms with Gasteiger partial charge < -0.3 is 24.6 Å². The van der Waals surface area contributed by atoms with Crippen molar-refractivity contribution in [3.63, 3.8) is 0 Å². The number of rotatable bonds is 9. The Labute approximate surface area is 254 Å². The lowest BCUT2D eigenvalue weighted by atomic mass is 9.84. The number of carboxylic acid groups (broad SMARTS) is 1. The van der Waals surface area contributed by atoms with E-state index < -0.39 is 23.7 Å². The number of carbonyl (C=O) groups is 1. The fourth-order valence-electron chi connectivity index (χ4n) is 5.37. The summed E-state index contributed by atoms with van der Waals surface area (Å²) in [6.07, 6.45) is -0.981. The minimum Gasteiger partial charge on any atom is -0.487 e. The Balaban J connectivity index is 1.18. The molecule has 4 aromatic rings. The third-order valence-corrected chi connectivity index (χ3v) is 8.11. The minimum absolute atomic E-state index is 0.0451. The van der Waals surface area contributed by atoms with Gasteiger partial charge in [-0.15, -0.1) is 18.3 Å². The Morgan fingerprint density at radius 3 is 2.52 bits per heavy atom. The average molecular weight is 630 g/mol. The molecule has 2 aromatic carbocycles. The molecule has 2 aliphatic rings. The molecule has 2 N–H and O–H groups in total. The van der Waals surface area contributed by atoms with Crippen LogP contribution in [0.1, 0.15) is 58.9 Å². The van der Waals surface area contributed by atoms with E-state index in [9.17, 15) is 28.2 Å². The monoisotopic (exact) mass is 629 g/mol. The third-order valence-electron chi connectivity index (χ3n) is 7.80. The first-order valence-corrected chi connectivity index (χ1v) is 14.3. The quantitative estimate of drug-likeness (QED) is 0.234. The van der Waals surface area contributed by atoms with Crippen molar-refractivity contribution in [3.05, 3.63) is 88.3 Å². The summed E-state index contributed by atoms with van der Waals surface area (Å²) in [4.78, 5) is 17.5. The first kappa shape index (κ1) is 29.7. The largest absolute Gasteiger partial charge is 0.573 e. The Kier molecular flexibility index (Phi) is 7.84. The number of hydrogen-bond donors (Lipinski definition) is 2. The Bertz CT molecular complexity index is 1690. The van der Waals surface area contributed by atoms with Gasteiger partial charge in [-0.05, 0) is 62.1 Å². The van der Waals surface area contributed by atoms with E-state index in [1.807, 2.05) is 4.90 Å². The summed E-state index contributed by atoms with van der Waals surface area (Å²) in [5.41, 5.74) is 0.671. The third kappa shape index (κ3) is 6.29. The summed E-state index contributed by atoms with van der Waals surface area (Å²) < 4.78 is 50.8. The number of piperidine rings is 1. The number of aromatic carboxylic acids is 1. The molecule has 0 unspecified atom stereocenters. The van der Waals surface area contributed by atoms with Crippen LogP contribution in [0.2, 0.25) is 5.02 Å². The number of aromatic nitrogens is 4. The number of aliphatic hydroxyl groups is 1. The molecule has 1 aliphatic carbocycles. The number of para-hydroxylation sites is 2. The van der Waals surface area contributed by atoms with Crippen molar-refractivity contribution in [3.8, 4) is 17.2 Å². The minimum atomic E-state index is -4.88. The summed E-state index contributed by atoms with van der Waals surface area (Å²) in [6.45, 7) is 0.819. The van der Waals surface area contributed by atoms with Crippen molar-refractivity contribution in [2.45, 2.75) is 50.2 Å². The molecule has 2 fully saturated rings. The van der Waals surface area contributed by atoms with Crippen LogP contribution in [-0.2, 0) is 12.2 Å². The van der Waals surface area contributed by atoms with Crippen molar-refractivity contribution in [2.24, 2.45) is 0 Å². The Morgan fingerprint density at radius 2 is 1.84 bits per heavy atom. The maximum atomic E-state index is 13.1. The second kappa shape index (κ2) is 11.6. The Hall–Kier alpha value is -4.36. The number of hydrogen-bond acceptors (Lipinski definition) is 8. The van der Waals surface area contributed by atoms with Crippen LogP contribution in [0.5, 0.6) is 11.5 Å². The standard InChI is InChI=1S/C30H27ClF3N5O5/c31-22-16-20(7-8-21(22)29(42)10-13-38(14-11-29)26-15-19(28(40)41)9-12-35-26)43-17-24-27(18-5-6-18)36-37-39(24)23-3-1-2-4-25(23)44-30(32,33)34/h1-4,7-9,12,15-16,18,42H,5-6,10-11,13-14,17H2,(H,40,41). The van der Waals surface area contributed by atoms with Crippen LogP contribution in [-0.4, -0.2) is 55.6 Å². The van der Waals surface area contributed by atoms with E-state index in [2.05, 4.69) is 20.0 Å². The van der Waals surface area contributed by atoms with E-state index in [4.69, 9.17) is 16.3 Å². The van der Waals surface area contributed by atoms with Crippen molar-refractivity contribution in [2.75, 3.05) is 18.0 Å². The fraction of sp³-hybridized carbons (Fsp3) is 0.333. The smallest absolute Gasteiger partial charge is 0.487 e. The highest BCUT2D eigenvalue weighted by Crippen LogP contribution is 2.42. The summed E-state index contributed by atoms with van der Waals surface area (Å²) in [6, 6.07) is 13.6. The summed E-state index contributed by atoms with van der Waals surface area (Å²) >= 11 is 6.64. The van der Waals surface area contributed by atoms with Gasteiger partial charge in [0.15, 0.2) is 5.75 Å². The van der Waals surface area contributed by atoms with Gasteiger partial charge in [0.2, 0.25) is 0 Å². The van der Waals surface area contributed by atoms with Gasteiger partial charge in [-0.2, -0.15) is 0 Å². The predicted octanol–water partition coefficient (Wildman–Crippen LogP) is 5.86. The zero-order valence-corrected chi connectivity index (χ0v) is 23.9. The topological polar surface area (TPSA) is 123 Å². The number of benzene rings is 2. The molecular formula is C30H27ClF3N5O5. The van der Waals surface area contributed by atoms with Crippen LogP contribution in [0.4, 0.5) is 19.0 Å². The number of alkyl halides is 3. The van der Waals surface area contributed by atoms with Gasteiger partial charge in [0.05, 0.1) is 21.9 Å². The zero-order valence-electron chi connectivity index (χ0n) is 23.2. The average Bonchev–Trinajstić information content (AvgIpc) is 3.75. The number of pyridine rings is 1. The van der Waals surface area contributed by atoms with Crippen molar-refractivity contribution < 1.29 is 37.7 Å². The van der Waals surface area contributed by atoms with Crippen LogP contribution >= 0.6 is 11.6 Å². The van der Waals surface area contributed by atoms with Crippen molar-refractivity contribution in [1.82, 2.24) is 20.0 Å². The molecule has 44 heavy (non-hydrogen) atoms. The molecule has 2 aromatic heterocycles. The van der Waals surface area contributed by atoms with Gasteiger partial charge in [0, 0.05) is 30.8 Å². The molecule has 1 saturated carbocycles. The molecule has 10 nitrogen and oxygen atoms in total. The lowest BCUT2D eigenvalue weighted by Gasteiger charge is -2.39. The lowest BCUT2D eigenvalue weighted by Crippen LogP contribution is -2.43. The van der Waals surface area contributed by atoms with E-state index in [1.165, 1.54) is 41.2 Å². The van der Waals surface area contributed by atoms with E-state index in [-0.39, 0.29) is 23.8 Å². The molecule has 1 saturated heterocycles. The van der Waals surface area contributed by atoms with E-state index in [1.54, 1.807) is 24.3 Å². The molecular weight excluding hydrogens is 603 g/mol. The molecule has 1 aliphatic heterocycles. The molecule has 0 amide bonds. The normalized spacial score (nSPS) is 16.5. The molecule has 6 rings (SSSR count). The molecule has 3 heterocycles. The van der Waals surface area contributed by atoms with E-state index in [0.29, 0.717) is 59.5 Å². The highest BCUT2D eigenvalue weighted by molar-refractivity contribution is 6.31. The van der Waals surface area contributed by atoms with Gasteiger partial charge in [-0.3, -0.25) is 0 Å². The van der Waals surface area contributed by atoms with Gasteiger partial charge in [0.25, 0.3) is 0 Å². The second-order valence-corrected chi connectivity index (χ2v) is 11.2. The second-order valence-electron chi connectivity index (χ2n) is 10.8. The first-order chi connectivity index (χ1) is 21.0. The summed E-state index contributed by atoms with van der Waals surface area (Å²) in [7, 11) is 0. The summed E-state index contributed by atoms with van der Waals surface area (Å²) in [5, 5.41) is 29.5. The molecule has 14 heteroatoms. The molecule has 230 valence electrons. The molecule has 0 atom stereocenters. The zero-order chi connectivity index (χ0) is 31.1. The van der Waals surface area contributed by atoms with Gasteiger partial charge in [0.1, 0.15) is 29.6 Å².